The number of carbonyl (C=O) groups is 5. The molecule has 0 heterocycles. The minimum absolute atomic E-state index is 0.180. The molecule has 0 bridgehead atoms. The first-order valence-electron chi connectivity index (χ1n) is 11.4. The van der Waals surface area contributed by atoms with Crippen LogP contribution in [0.1, 0.15) is 43.9 Å². The second-order valence-corrected chi connectivity index (χ2v) is 7.94. The largest absolute Gasteiger partial charge is 0.497 e. The van der Waals surface area contributed by atoms with Crippen LogP contribution in [0.3, 0.4) is 0 Å². The van der Waals surface area contributed by atoms with Crippen LogP contribution in [0.4, 0.5) is 10.1 Å². The van der Waals surface area contributed by atoms with Gasteiger partial charge in [-0.15, -0.1) is 0 Å². The SMILES string of the molecule is COc1ccc(C(=O)COC(=O)c2ccc(NC(=O)CCC(=O)OCC(=O)c3ccc(F)cc3)cc2)cc1. The third kappa shape index (κ3) is 8.37. The topological polar surface area (TPSA) is 125 Å². The zero-order valence-corrected chi connectivity index (χ0v) is 20.4. The number of hydrogen-bond acceptors (Lipinski definition) is 8. The second kappa shape index (κ2) is 13.4. The third-order valence-electron chi connectivity index (χ3n) is 5.24. The third-order valence-corrected chi connectivity index (χ3v) is 5.24. The summed E-state index contributed by atoms with van der Waals surface area (Å²) >= 11 is 0. The number of carbonyl (C=O) groups excluding carboxylic acids is 5. The van der Waals surface area contributed by atoms with Gasteiger partial charge < -0.3 is 19.5 Å². The average Bonchev–Trinajstić information content (AvgIpc) is 2.94. The first-order valence-corrected chi connectivity index (χ1v) is 11.4. The molecule has 10 heteroatoms. The van der Waals surface area contributed by atoms with E-state index in [1.165, 1.54) is 43.5 Å². The molecule has 0 saturated heterocycles. The summed E-state index contributed by atoms with van der Waals surface area (Å²) < 4.78 is 27.9. The van der Waals surface area contributed by atoms with Gasteiger partial charge in [-0.25, -0.2) is 9.18 Å². The normalized spacial score (nSPS) is 10.3. The smallest absolute Gasteiger partial charge is 0.338 e. The Morgan fingerprint density at radius 3 is 1.79 bits per heavy atom. The van der Waals surface area contributed by atoms with Crippen LogP contribution in [0.2, 0.25) is 0 Å². The van der Waals surface area contributed by atoms with Crippen LogP contribution in [0.15, 0.2) is 72.8 Å². The van der Waals surface area contributed by atoms with Crippen LogP contribution < -0.4 is 10.1 Å². The van der Waals surface area contributed by atoms with Gasteiger partial charge in [0.1, 0.15) is 11.6 Å². The van der Waals surface area contributed by atoms with Crippen molar-refractivity contribution in [1.29, 1.82) is 0 Å². The fourth-order valence-corrected chi connectivity index (χ4v) is 3.14. The van der Waals surface area contributed by atoms with Gasteiger partial charge in [0, 0.05) is 23.2 Å². The molecule has 0 aromatic heterocycles. The van der Waals surface area contributed by atoms with E-state index in [0.29, 0.717) is 17.0 Å². The Hall–Kier alpha value is -4.86. The van der Waals surface area contributed by atoms with Crippen molar-refractivity contribution in [3.63, 3.8) is 0 Å². The van der Waals surface area contributed by atoms with E-state index in [0.717, 1.165) is 12.1 Å². The number of methoxy groups -OCH3 is 1. The number of benzene rings is 3. The molecule has 0 aliphatic carbocycles. The quantitative estimate of drug-likeness (QED) is 0.280. The summed E-state index contributed by atoms with van der Waals surface area (Å²) in [5.74, 6) is -2.68. The van der Waals surface area contributed by atoms with E-state index in [4.69, 9.17) is 14.2 Å². The molecule has 0 aliphatic rings. The van der Waals surface area contributed by atoms with Gasteiger partial charge in [0.25, 0.3) is 0 Å². The predicted octanol–water partition coefficient (Wildman–Crippen LogP) is 4.02. The van der Waals surface area contributed by atoms with Crippen LogP contribution in [0.5, 0.6) is 5.75 Å². The number of ether oxygens (including phenoxy) is 3. The fraction of sp³-hybridized carbons (Fsp3) is 0.179. The number of amides is 1. The highest BCUT2D eigenvalue weighted by Crippen LogP contribution is 2.14. The second-order valence-electron chi connectivity index (χ2n) is 7.94. The van der Waals surface area contributed by atoms with Crippen molar-refractivity contribution in [3.05, 3.63) is 95.3 Å². The molecule has 3 aromatic rings. The Labute approximate surface area is 217 Å². The number of Topliss-reactive ketones (excluding diaryl/α,β-unsaturated/α-hetero) is 2. The van der Waals surface area contributed by atoms with Gasteiger partial charge >= 0.3 is 11.9 Å². The van der Waals surface area contributed by atoms with Crippen molar-refractivity contribution in [2.24, 2.45) is 0 Å². The van der Waals surface area contributed by atoms with E-state index in [-0.39, 0.29) is 29.8 Å². The van der Waals surface area contributed by atoms with Crippen LogP contribution >= 0.6 is 0 Å². The van der Waals surface area contributed by atoms with Crippen LogP contribution in [0.25, 0.3) is 0 Å². The van der Waals surface area contributed by atoms with Crippen LogP contribution in [0, 0.1) is 5.82 Å². The minimum Gasteiger partial charge on any atom is -0.497 e. The lowest BCUT2D eigenvalue weighted by molar-refractivity contribution is -0.143. The van der Waals surface area contributed by atoms with Crippen molar-refractivity contribution in [2.45, 2.75) is 12.8 Å². The zero-order chi connectivity index (χ0) is 27.5. The molecule has 38 heavy (non-hydrogen) atoms. The highest BCUT2D eigenvalue weighted by atomic mass is 19.1. The van der Waals surface area contributed by atoms with Crippen LogP contribution in [-0.4, -0.2) is 49.7 Å². The molecule has 3 aromatic carbocycles. The van der Waals surface area contributed by atoms with Crippen LogP contribution in [-0.2, 0) is 19.1 Å². The number of esters is 2. The predicted molar refractivity (Wildman–Crippen MR) is 134 cm³/mol. The standard InChI is InChI=1S/C28H24FNO8/c1-36-23-12-6-19(7-13-23)25(32)17-38-28(35)20-4-10-22(11-5-20)30-26(33)14-15-27(34)37-16-24(31)18-2-8-21(29)9-3-18/h2-13H,14-17H2,1H3,(H,30,33). The molecule has 0 aliphatic heterocycles. The van der Waals surface area contributed by atoms with Crippen molar-refractivity contribution in [3.8, 4) is 5.75 Å². The lowest BCUT2D eigenvalue weighted by atomic mass is 10.1. The molecule has 0 fully saturated rings. The number of hydrogen-bond donors (Lipinski definition) is 1. The summed E-state index contributed by atoms with van der Waals surface area (Å²) in [7, 11) is 1.51. The van der Waals surface area contributed by atoms with Gasteiger partial charge in [-0.3, -0.25) is 19.2 Å². The van der Waals surface area contributed by atoms with Gasteiger partial charge in [-0.2, -0.15) is 0 Å². The molecule has 1 N–H and O–H groups in total. The first-order chi connectivity index (χ1) is 18.2. The van der Waals surface area contributed by atoms with Gasteiger partial charge in [-0.05, 0) is 72.8 Å². The van der Waals surface area contributed by atoms with Gasteiger partial charge in [0.05, 0.1) is 19.1 Å². The van der Waals surface area contributed by atoms with E-state index < -0.39 is 42.7 Å². The number of rotatable bonds is 12. The average molecular weight is 521 g/mol. The van der Waals surface area contributed by atoms with E-state index in [9.17, 15) is 28.4 Å². The highest BCUT2D eigenvalue weighted by molar-refractivity contribution is 6.00. The Bertz CT molecular complexity index is 1300. The molecule has 0 radical (unpaired) electrons. The van der Waals surface area contributed by atoms with Gasteiger partial charge in [-0.1, -0.05) is 0 Å². The van der Waals surface area contributed by atoms with Gasteiger partial charge in [0.2, 0.25) is 5.91 Å². The molecular formula is C28H24FNO8. The monoisotopic (exact) mass is 521 g/mol. The first kappa shape index (κ1) is 27.7. The fourth-order valence-electron chi connectivity index (χ4n) is 3.14. The summed E-state index contributed by atoms with van der Waals surface area (Å²) in [6.45, 7) is -0.954. The maximum Gasteiger partial charge on any atom is 0.338 e. The lowest BCUT2D eigenvalue weighted by Crippen LogP contribution is -2.17. The molecule has 0 atom stereocenters. The summed E-state index contributed by atoms with van der Waals surface area (Å²) in [5.41, 5.74) is 1.13. The Morgan fingerprint density at radius 2 is 1.21 bits per heavy atom. The summed E-state index contributed by atoms with van der Waals surface area (Å²) in [4.78, 5) is 60.3. The molecule has 0 spiro atoms. The maximum atomic E-state index is 12.9. The Balaban J connectivity index is 1.38. The van der Waals surface area contributed by atoms with E-state index in [1.54, 1.807) is 24.3 Å². The molecule has 0 saturated carbocycles. The van der Waals surface area contributed by atoms with Crippen molar-refractivity contribution in [2.75, 3.05) is 25.6 Å². The Kier molecular flexibility index (Phi) is 9.81. The number of ketones is 2. The van der Waals surface area contributed by atoms with E-state index in [2.05, 4.69) is 5.32 Å². The van der Waals surface area contributed by atoms with Crippen molar-refractivity contribution < 1.29 is 42.6 Å². The molecular weight excluding hydrogens is 497 g/mol. The maximum absolute atomic E-state index is 12.9. The molecule has 3 rings (SSSR count). The van der Waals surface area contributed by atoms with E-state index in [1.807, 2.05) is 0 Å². The molecule has 9 nitrogen and oxygen atoms in total. The summed E-state index contributed by atoms with van der Waals surface area (Å²) in [6, 6.07) is 17.0. The summed E-state index contributed by atoms with van der Waals surface area (Å²) in [6.07, 6.45) is -0.448. The van der Waals surface area contributed by atoms with Crippen molar-refractivity contribution >= 4 is 35.1 Å². The highest BCUT2D eigenvalue weighted by Gasteiger charge is 2.14. The number of halogens is 1. The molecule has 196 valence electrons. The van der Waals surface area contributed by atoms with Gasteiger partial charge in [0.15, 0.2) is 24.8 Å². The minimum atomic E-state index is -0.738. The zero-order valence-electron chi connectivity index (χ0n) is 20.4. The molecule has 1 amide bonds. The summed E-state index contributed by atoms with van der Waals surface area (Å²) in [5, 5.41) is 2.57. The molecule has 0 unspecified atom stereocenters. The van der Waals surface area contributed by atoms with E-state index >= 15 is 0 Å². The Morgan fingerprint density at radius 1 is 0.684 bits per heavy atom. The number of nitrogens with one attached hydrogen (secondary N) is 1. The van der Waals surface area contributed by atoms with Crippen molar-refractivity contribution in [1.82, 2.24) is 0 Å². The lowest BCUT2D eigenvalue weighted by Gasteiger charge is -2.08. The number of anilines is 1.